The number of anilines is 1. The van der Waals surface area contributed by atoms with Gasteiger partial charge < -0.3 is 10.4 Å². The SMILES string of the molecule is CCCCC(CC)C(=O)Nc1ccc(-n2c(C(F)(F)F)nc3cc(CO)ccc32)cc1. The second-order valence-electron chi connectivity index (χ2n) is 7.53. The van der Waals surface area contributed by atoms with Gasteiger partial charge in [-0.15, -0.1) is 0 Å². The van der Waals surface area contributed by atoms with Gasteiger partial charge in [0.1, 0.15) is 0 Å². The van der Waals surface area contributed by atoms with Gasteiger partial charge in [-0.2, -0.15) is 13.2 Å². The number of fused-ring (bicyclic) bond motifs is 1. The van der Waals surface area contributed by atoms with E-state index in [4.69, 9.17) is 0 Å². The molecule has 0 aliphatic heterocycles. The maximum atomic E-state index is 13.6. The van der Waals surface area contributed by atoms with Crippen LogP contribution in [0.15, 0.2) is 42.5 Å². The molecule has 1 aromatic heterocycles. The molecule has 1 unspecified atom stereocenters. The molecule has 31 heavy (non-hydrogen) atoms. The van der Waals surface area contributed by atoms with Crippen molar-refractivity contribution in [2.75, 3.05) is 5.32 Å². The van der Waals surface area contributed by atoms with Crippen molar-refractivity contribution in [1.82, 2.24) is 9.55 Å². The molecule has 3 rings (SSSR count). The van der Waals surface area contributed by atoms with Crippen LogP contribution in [0.4, 0.5) is 18.9 Å². The molecule has 8 heteroatoms. The van der Waals surface area contributed by atoms with Crippen molar-refractivity contribution in [3.63, 3.8) is 0 Å². The maximum absolute atomic E-state index is 13.6. The lowest BCUT2D eigenvalue weighted by atomic mass is 9.98. The predicted octanol–water partition coefficient (Wildman–Crippen LogP) is 5.69. The minimum Gasteiger partial charge on any atom is -0.392 e. The first-order valence-electron chi connectivity index (χ1n) is 10.4. The molecule has 0 saturated heterocycles. The third kappa shape index (κ3) is 5.07. The second kappa shape index (κ2) is 9.51. The van der Waals surface area contributed by atoms with E-state index in [2.05, 4.69) is 17.2 Å². The second-order valence-corrected chi connectivity index (χ2v) is 7.53. The quantitative estimate of drug-likeness (QED) is 0.479. The summed E-state index contributed by atoms with van der Waals surface area (Å²) < 4.78 is 42.0. The molecular formula is C23H26F3N3O2. The van der Waals surface area contributed by atoms with Crippen LogP contribution < -0.4 is 5.32 Å². The normalized spacial score (nSPS) is 12.8. The molecule has 1 amide bonds. The van der Waals surface area contributed by atoms with Crippen molar-refractivity contribution in [2.24, 2.45) is 5.92 Å². The van der Waals surface area contributed by atoms with E-state index >= 15 is 0 Å². The number of aliphatic hydroxyl groups excluding tert-OH is 1. The Kier molecular flexibility index (Phi) is 7.00. The third-order valence-electron chi connectivity index (χ3n) is 5.32. The van der Waals surface area contributed by atoms with Crippen molar-refractivity contribution in [3.8, 4) is 5.69 Å². The zero-order chi connectivity index (χ0) is 22.6. The number of carbonyl (C=O) groups is 1. The van der Waals surface area contributed by atoms with E-state index < -0.39 is 12.0 Å². The summed E-state index contributed by atoms with van der Waals surface area (Å²) in [6, 6.07) is 10.8. The molecule has 2 N–H and O–H groups in total. The molecule has 1 atom stereocenters. The Morgan fingerprint density at radius 3 is 2.45 bits per heavy atom. The fourth-order valence-corrected chi connectivity index (χ4v) is 3.59. The van der Waals surface area contributed by atoms with Crippen molar-refractivity contribution in [1.29, 1.82) is 0 Å². The van der Waals surface area contributed by atoms with Crippen LogP contribution in [0, 0.1) is 5.92 Å². The number of rotatable bonds is 8. The topological polar surface area (TPSA) is 67.2 Å². The van der Waals surface area contributed by atoms with Gasteiger partial charge in [0.2, 0.25) is 11.7 Å². The highest BCUT2D eigenvalue weighted by Crippen LogP contribution is 2.34. The first kappa shape index (κ1) is 22.8. The summed E-state index contributed by atoms with van der Waals surface area (Å²) in [5.41, 5.74) is 1.73. The van der Waals surface area contributed by atoms with E-state index in [1.54, 1.807) is 18.2 Å². The zero-order valence-corrected chi connectivity index (χ0v) is 17.5. The number of carbonyl (C=O) groups excluding carboxylic acids is 1. The van der Waals surface area contributed by atoms with Crippen LogP contribution in [0.25, 0.3) is 16.7 Å². The summed E-state index contributed by atoms with van der Waals surface area (Å²) >= 11 is 0. The first-order valence-corrected chi connectivity index (χ1v) is 10.4. The molecule has 1 heterocycles. The summed E-state index contributed by atoms with van der Waals surface area (Å²) in [6.45, 7) is 3.76. The highest BCUT2D eigenvalue weighted by Gasteiger charge is 2.38. The number of nitrogens with zero attached hydrogens (tertiary/aromatic N) is 2. The molecule has 0 bridgehead atoms. The lowest BCUT2D eigenvalue weighted by Crippen LogP contribution is -2.22. The summed E-state index contributed by atoms with van der Waals surface area (Å²) in [5, 5.41) is 12.1. The number of aromatic nitrogens is 2. The Bertz CT molecular complexity index is 1040. The lowest BCUT2D eigenvalue weighted by Gasteiger charge is -2.15. The molecule has 0 spiro atoms. The van der Waals surface area contributed by atoms with Gasteiger partial charge in [-0.05, 0) is 54.8 Å². The maximum Gasteiger partial charge on any atom is 0.450 e. The van der Waals surface area contributed by atoms with Gasteiger partial charge in [0.05, 0.1) is 17.6 Å². The summed E-state index contributed by atoms with van der Waals surface area (Å²) in [5.74, 6) is -1.21. The number of benzene rings is 2. The van der Waals surface area contributed by atoms with Gasteiger partial charge in [0.25, 0.3) is 0 Å². The first-order chi connectivity index (χ1) is 14.8. The predicted molar refractivity (Wildman–Crippen MR) is 114 cm³/mol. The van der Waals surface area contributed by atoms with Gasteiger partial charge in [-0.1, -0.05) is 32.8 Å². The Labute approximate surface area is 178 Å². The number of alkyl halides is 3. The lowest BCUT2D eigenvalue weighted by molar-refractivity contribution is -0.145. The highest BCUT2D eigenvalue weighted by molar-refractivity contribution is 5.92. The van der Waals surface area contributed by atoms with Gasteiger partial charge in [0, 0.05) is 17.3 Å². The molecule has 0 aliphatic rings. The monoisotopic (exact) mass is 433 g/mol. The van der Waals surface area contributed by atoms with E-state index in [9.17, 15) is 23.1 Å². The van der Waals surface area contributed by atoms with E-state index in [0.29, 0.717) is 11.3 Å². The Morgan fingerprint density at radius 1 is 1.16 bits per heavy atom. The van der Waals surface area contributed by atoms with E-state index in [-0.39, 0.29) is 35.2 Å². The molecule has 0 saturated carbocycles. The summed E-state index contributed by atoms with van der Waals surface area (Å²) in [6.07, 6.45) is -1.13. The van der Waals surface area contributed by atoms with Crippen LogP contribution in [0.5, 0.6) is 0 Å². The van der Waals surface area contributed by atoms with E-state index in [1.165, 1.54) is 24.3 Å². The summed E-state index contributed by atoms with van der Waals surface area (Å²) in [7, 11) is 0. The Balaban J connectivity index is 1.92. The molecule has 2 aromatic carbocycles. The van der Waals surface area contributed by atoms with Crippen LogP contribution in [0.1, 0.15) is 50.9 Å². The average Bonchev–Trinajstić information content (AvgIpc) is 3.14. The summed E-state index contributed by atoms with van der Waals surface area (Å²) in [4.78, 5) is 16.2. The van der Waals surface area contributed by atoms with Crippen molar-refractivity contribution < 1.29 is 23.1 Å². The number of aliphatic hydroxyl groups is 1. The van der Waals surface area contributed by atoms with Crippen LogP contribution in [0.3, 0.4) is 0 Å². The number of halogens is 3. The van der Waals surface area contributed by atoms with E-state index in [1.807, 2.05) is 6.92 Å². The number of hydrogen-bond donors (Lipinski definition) is 2. The van der Waals surface area contributed by atoms with Crippen LogP contribution >= 0.6 is 0 Å². The smallest absolute Gasteiger partial charge is 0.392 e. The Hall–Kier alpha value is -2.87. The molecular weight excluding hydrogens is 407 g/mol. The van der Waals surface area contributed by atoms with Crippen LogP contribution in [-0.2, 0) is 17.6 Å². The molecule has 166 valence electrons. The fourth-order valence-electron chi connectivity index (χ4n) is 3.59. The van der Waals surface area contributed by atoms with Crippen molar-refractivity contribution in [3.05, 3.63) is 53.9 Å². The third-order valence-corrected chi connectivity index (χ3v) is 5.32. The van der Waals surface area contributed by atoms with Crippen LogP contribution in [-0.4, -0.2) is 20.6 Å². The molecule has 0 radical (unpaired) electrons. The van der Waals surface area contributed by atoms with Gasteiger partial charge >= 0.3 is 6.18 Å². The van der Waals surface area contributed by atoms with Crippen LogP contribution in [0.2, 0.25) is 0 Å². The number of unbranched alkanes of at least 4 members (excludes halogenated alkanes) is 1. The minimum absolute atomic E-state index is 0.0794. The fraction of sp³-hybridized carbons (Fsp3) is 0.391. The van der Waals surface area contributed by atoms with Crippen molar-refractivity contribution in [2.45, 2.75) is 52.3 Å². The average molecular weight is 433 g/mol. The molecule has 3 aromatic rings. The standard InChI is InChI=1S/C23H26F3N3O2/c1-3-5-6-16(4-2)21(31)27-17-8-10-18(11-9-17)29-20-12-7-15(14-30)13-19(20)28-22(29)23(24,25)26/h7-13,16,30H,3-6,14H2,1-2H3,(H,27,31). The van der Waals surface area contributed by atoms with Crippen molar-refractivity contribution >= 4 is 22.6 Å². The Morgan fingerprint density at radius 2 is 1.87 bits per heavy atom. The van der Waals surface area contributed by atoms with E-state index in [0.717, 1.165) is 30.3 Å². The van der Waals surface area contributed by atoms with Gasteiger partial charge in [-0.3, -0.25) is 9.36 Å². The van der Waals surface area contributed by atoms with Gasteiger partial charge in [0.15, 0.2) is 0 Å². The number of imidazole rings is 1. The molecule has 0 aliphatic carbocycles. The zero-order valence-electron chi connectivity index (χ0n) is 17.5. The van der Waals surface area contributed by atoms with Gasteiger partial charge in [-0.25, -0.2) is 4.98 Å². The number of nitrogens with one attached hydrogen (secondary N) is 1. The number of amides is 1. The number of hydrogen-bond acceptors (Lipinski definition) is 3. The highest BCUT2D eigenvalue weighted by atomic mass is 19.4. The molecule has 0 fully saturated rings. The minimum atomic E-state index is -4.65. The molecule has 5 nitrogen and oxygen atoms in total. The largest absolute Gasteiger partial charge is 0.450 e.